The number of carboxylic acids is 1. The number of carboxylic acid groups (broad SMARTS) is 1. The molecule has 0 aliphatic heterocycles. The van der Waals surface area contributed by atoms with Gasteiger partial charge in [-0.25, -0.2) is 0 Å². The average molecular weight is 343 g/mol. The molecule has 0 radical (unpaired) electrons. The molecule has 0 saturated heterocycles. The molecule has 0 spiro atoms. The average Bonchev–Trinajstić information content (AvgIpc) is 3.21. The van der Waals surface area contributed by atoms with Crippen LogP contribution in [0.25, 0.3) is 22.5 Å². The van der Waals surface area contributed by atoms with Crippen LogP contribution in [0.4, 0.5) is 0 Å². The van der Waals surface area contributed by atoms with Crippen LogP contribution in [0.1, 0.15) is 12.5 Å². The number of rotatable bonds is 6. The van der Waals surface area contributed by atoms with E-state index in [-0.39, 0.29) is 5.75 Å². The van der Waals surface area contributed by atoms with Gasteiger partial charge in [0.15, 0.2) is 11.0 Å². The predicted octanol–water partition coefficient (Wildman–Crippen LogP) is 2.84. The molecule has 2 aromatic heterocycles. The van der Waals surface area contributed by atoms with Gasteiger partial charge in [-0.2, -0.15) is 5.10 Å². The van der Waals surface area contributed by atoms with E-state index in [1.54, 1.807) is 0 Å². The molecule has 0 aliphatic carbocycles. The minimum absolute atomic E-state index is 0.0517. The number of nitrogens with zero attached hydrogens (tertiary/aromatic N) is 4. The summed E-state index contributed by atoms with van der Waals surface area (Å²) in [6.45, 7) is 4.89. The van der Waals surface area contributed by atoms with E-state index in [1.165, 1.54) is 0 Å². The van der Waals surface area contributed by atoms with E-state index in [0.717, 1.165) is 40.6 Å². The van der Waals surface area contributed by atoms with Gasteiger partial charge >= 0.3 is 5.97 Å². The maximum absolute atomic E-state index is 10.6. The summed E-state index contributed by atoms with van der Waals surface area (Å²) in [6, 6.07) is 6.13. The van der Waals surface area contributed by atoms with E-state index in [0.29, 0.717) is 11.0 Å². The molecular weight excluding hydrogens is 326 g/mol. The van der Waals surface area contributed by atoms with Crippen LogP contribution in [-0.4, -0.2) is 41.8 Å². The Balaban J connectivity index is 1.90. The van der Waals surface area contributed by atoms with Crippen LogP contribution in [-0.2, 0) is 11.3 Å². The van der Waals surface area contributed by atoms with Crippen LogP contribution in [0.2, 0.25) is 0 Å². The van der Waals surface area contributed by atoms with Gasteiger partial charge in [0.1, 0.15) is 0 Å². The molecule has 24 heavy (non-hydrogen) atoms. The fourth-order valence-corrected chi connectivity index (χ4v) is 2.87. The first kappa shape index (κ1) is 16.3. The van der Waals surface area contributed by atoms with Gasteiger partial charge in [-0.15, -0.1) is 10.2 Å². The minimum atomic E-state index is -0.885. The Hall–Kier alpha value is -2.61. The first-order valence-electron chi connectivity index (χ1n) is 7.47. The number of carbonyl (C=O) groups is 1. The lowest BCUT2D eigenvalue weighted by Crippen LogP contribution is -1.97. The number of aliphatic carboxylic acids is 1. The summed E-state index contributed by atoms with van der Waals surface area (Å²) in [5, 5.41) is 21.6. The second-order valence-corrected chi connectivity index (χ2v) is 6.30. The molecular formula is C16H17N5O2S. The Bertz CT molecular complexity index is 871. The van der Waals surface area contributed by atoms with Crippen molar-refractivity contribution >= 4 is 17.7 Å². The first-order chi connectivity index (χ1) is 11.5. The van der Waals surface area contributed by atoms with Gasteiger partial charge in [-0.3, -0.25) is 9.48 Å². The van der Waals surface area contributed by atoms with E-state index in [1.807, 2.05) is 43.1 Å². The number of hydrogen-bond donors (Lipinski definition) is 2. The van der Waals surface area contributed by atoms with Gasteiger partial charge in [0, 0.05) is 23.9 Å². The number of aryl methyl sites for hydroxylation is 2. The number of benzene rings is 1. The third-order valence-corrected chi connectivity index (χ3v) is 4.29. The minimum Gasteiger partial charge on any atom is -0.481 e. The second-order valence-electron chi connectivity index (χ2n) is 5.33. The van der Waals surface area contributed by atoms with Crippen LogP contribution in [0, 0.1) is 6.92 Å². The third-order valence-electron chi connectivity index (χ3n) is 3.44. The van der Waals surface area contributed by atoms with Gasteiger partial charge in [0.2, 0.25) is 0 Å². The van der Waals surface area contributed by atoms with Gasteiger partial charge in [-0.05, 0) is 37.1 Å². The van der Waals surface area contributed by atoms with Crippen LogP contribution in [0.5, 0.6) is 0 Å². The maximum Gasteiger partial charge on any atom is 0.313 e. The summed E-state index contributed by atoms with van der Waals surface area (Å²) in [6.07, 6.45) is 3.85. The van der Waals surface area contributed by atoms with Crippen molar-refractivity contribution in [2.75, 3.05) is 5.75 Å². The van der Waals surface area contributed by atoms with Crippen molar-refractivity contribution in [1.82, 2.24) is 25.0 Å². The highest BCUT2D eigenvalue weighted by atomic mass is 32.2. The van der Waals surface area contributed by atoms with Crippen LogP contribution in [0.3, 0.4) is 0 Å². The molecule has 2 heterocycles. The van der Waals surface area contributed by atoms with E-state index in [4.69, 9.17) is 5.11 Å². The van der Waals surface area contributed by atoms with E-state index < -0.39 is 5.97 Å². The molecule has 0 fully saturated rings. The fraction of sp³-hybridized carbons (Fsp3) is 0.250. The fourth-order valence-electron chi connectivity index (χ4n) is 2.34. The quantitative estimate of drug-likeness (QED) is 0.668. The van der Waals surface area contributed by atoms with Crippen molar-refractivity contribution in [3.8, 4) is 22.5 Å². The lowest BCUT2D eigenvalue weighted by atomic mass is 10.0. The van der Waals surface area contributed by atoms with Gasteiger partial charge in [0.25, 0.3) is 0 Å². The monoisotopic (exact) mass is 343 g/mol. The molecule has 2 N–H and O–H groups in total. The Labute approximate surface area is 143 Å². The second kappa shape index (κ2) is 6.88. The Morgan fingerprint density at radius 1 is 1.25 bits per heavy atom. The van der Waals surface area contributed by atoms with Gasteiger partial charge < -0.3 is 10.1 Å². The molecule has 3 rings (SSSR count). The number of H-pyrrole nitrogens is 1. The number of nitrogens with one attached hydrogen (secondary N) is 1. The zero-order valence-corrected chi connectivity index (χ0v) is 14.2. The summed E-state index contributed by atoms with van der Waals surface area (Å²) in [5.74, 6) is -0.316. The van der Waals surface area contributed by atoms with Crippen molar-refractivity contribution < 1.29 is 9.90 Å². The third kappa shape index (κ3) is 3.65. The highest BCUT2D eigenvalue weighted by Gasteiger charge is 2.10. The molecule has 0 atom stereocenters. The summed E-state index contributed by atoms with van der Waals surface area (Å²) in [4.78, 5) is 13.7. The van der Waals surface area contributed by atoms with Crippen molar-refractivity contribution in [2.24, 2.45) is 0 Å². The number of aromatic amines is 1. The summed E-state index contributed by atoms with van der Waals surface area (Å²) < 4.78 is 1.88. The number of thioether (sulfide) groups is 1. The molecule has 0 saturated carbocycles. The topological polar surface area (TPSA) is 96.7 Å². The standard InChI is InChI=1S/C16H17N5O2S/c1-3-21-8-13(7-17-21)11-4-10(2)5-12(6-11)15-18-16(20-19-15)24-9-14(22)23/h4-8H,3,9H2,1-2H3,(H,22,23)(H,18,19,20). The molecule has 3 aromatic rings. The molecule has 0 aliphatic rings. The predicted molar refractivity (Wildman–Crippen MR) is 91.8 cm³/mol. The summed E-state index contributed by atoms with van der Waals surface area (Å²) in [7, 11) is 0. The Kier molecular flexibility index (Phi) is 4.66. The molecule has 0 bridgehead atoms. The summed E-state index contributed by atoms with van der Waals surface area (Å²) in [5.41, 5.74) is 4.11. The van der Waals surface area contributed by atoms with Crippen molar-refractivity contribution in [2.45, 2.75) is 25.5 Å². The van der Waals surface area contributed by atoms with Gasteiger partial charge in [0.05, 0.1) is 11.9 Å². The largest absolute Gasteiger partial charge is 0.481 e. The molecule has 7 nitrogen and oxygen atoms in total. The molecule has 8 heteroatoms. The summed E-state index contributed by atoms with van der Waals surface area (Å²) >= 11 is 1.11. The SMILES string of the molecule is CCn1cc(-c2cc(C)cc(-c3nnc(SCC(=O)O)[nH]3)c2)cn1. The normalized spacial score (nSPS) is 10.9. The van der Waals surface area contributed by atoms with Crippen LogP contribution in [0.15, 0.2) is 35.7 Å². The Morgan fingerprint density at radius 2 is 2.04 bits per heavy atom. The van der Waals surface area contributed by atoms with E-state index in [9.17, 15) is 4.79 Å². The lowest BCUT2D eigenvalue weighted by molar-refractivity contribution is -0.133. The first-order valence-corrected chi connectivity index (χ1v) is 8.46. The van der Waals surface area contributed by atoms with E-state index in [2.05, 4.69) is 26.3 Å². The smallest absolute Gasteiger partial charge is 0.313 e. The van der Waals surface area contributed by atoms with Crippen LogP contribution < -0.4 is 0 Å². The van der Waals surface area contributed by atoms with Crippen molar-refractivity contribution in [3.63, 3.8) is 0 Å². The number of aromatic nitrogens is 5. The lowest BCUT2D eigenvalue weighted by Gasteiger charge is -2.04. The molecule has 124 valence electrons. The van der Waals surface area contributed by atoms with E-state index >= 15 is 0 Å². The maximum atomic E-state index is 10.6. The molecule has 0 amide bonds. The Morgan fingerprint density at radius 3 is 2.75 bits per heavy atom. The van der Waals surface area contributed by atoms with Crippen molar-refractivity contribution in [1.29, 1.82) is 0 Å². The molecule has 1 aromatic carbocycles. The van der Waals surface area contributed by atoms with Crippen LogP contribution >= 0.6 is 11.8 Å². The highest BCUT2D eigenvalue weighted by molar-refractivity contribution is 7.99. The zero-order chi connectivity index (χ0) is 17.1. The van der Waals surface area contributed by atoms with Crippen molar-refractivity contribution in [3.05, 3.63) is 36.2 Å². The van der Waals surface area contributed by atoms with Gasteiger partial charge in [-0.1, -0.05) is 17.8 Å². The zero-order valence-electron chi connectivity index (χ0n) is 13.4. The molecule has 0 unspecified atom stereocenters. The highest BCUT2D eigenvalue weighted by Crippen LogP contribution is 2.27. The number of hydrogen-bond acceptors (Lipinski definition) is 5.